The summed E-state index contributed by atoms with van der Waals surface area (Å²) in [4.78, 5) is 24.2. The topological polar surface area (TPSA) is 66.4 Å². The maximum Gasteiger partial charge on any atom is 0.310 e. The maximum atomic E-state index is 12.5. The van der Waals surface area contributed by atoms with Gasteiger partial charge in [0.1, 0.15) is 0 Å². The number of allylic oxidation sites excluding steroid dienone is 2. The Hall–Kier alpha value is -2.10. The van der Waals surface area contributed by atoms with E-state index in [4.69, 9.17) is 0 Å². The van der Waals surface area contributed by atoms with Gasteiger partial charge in [0.15, 0.2) is 0 Å². The van der Waals surface area contributed by atoms with Crippen molar-refractivity contribution < 1.29 is 14.7 Å². The molecule has 0 saturated heterocycles. The second-order valence-corrected chi connectivity index (χ2v) is 6.16. The highest BCUT2D eigenvalue weighted by Crippen LogP contribution is 2.56. The Bertz CT molecular complexity index is 595. The van der Waals surface area contributed by atoms with Gasteiger partial charge in [0.25, 0.3) is 0 Å². The lowest BCUT2D eigenvalue weighted by molar-refractivity contribution is -0.156. The number of rotatable bonds is 4. The number of carboxylic acids is 1. The first-order valence-corrected chi connectivity index (χ1v) is 7.27. The molecule has 4 atom stereocenters. The van der Waals surface area contributed by atoms with Crippen molar-refractivity contribution in [2.75, 3.05) is 0 Å². The molecule has 2 N–H and O–H groups in total. The van der Waals surface area contributed by atoms with E-state index < -0.39 is 17.3 Å². The molecule has 2 aliphatic rings. The molecule has 0 radical (unpaired) electrons. The molecule has 4 nitrogen and oxygen atoms in total. The van der Waals surface area contributed by atoms with Crippen LogP contribution >= 0.6 is 0 Å². The number of hydrogen-bond donors (Lipinski definition) is 2. The minimum Gasteiger partial charge on any atom is -0.481 e. The zero-order chi connectivity index (χ0) is 15.0. The Morgan fingerprint density at radius 1 is 1.29 bits per heavy atom. The number of benzene rings is 1. The molecule has 21 heavy (non-hydrogen) atoms. The highest BCUT2D eigenvalue weighted by atomic mass is 16.4. The zero-order valence-corrected chi connectivity index (χ0v) is 12.0. The Morgan fingerprint density at radius 2 is 2.00 bits per heavy atom. The number of carboxylic acid groups (broad SMARTS) is 1. The monoisotopic (exact) mass is 285 g/mol. The number of carbonyl (C=O) groups is 2. The smallest absolute Gasteiger partial charge is 0.310 e. The molecule has 0 spiro atoms. The molecular weight excluding hydrogens is 266 g/mol. The summed E-state index contributed by atoms with van der Waals surface area (Å²) in [5.41, 5.74) is 0.0294. The standard InChI is InChI=1S/C17H19NO3/c1-17(16(20)21)13-8-7-12(9-13)14(17)15(19)18-10-11-5-3-2-4-6-11/h2-8,12-14H,9-10H2,1H3,(H,18,19)(H,20,21)/t12-,13-,14-,17+/m0/s1. The van der Waals surface area contributed by atoms with Crippen LogP contribution in [-0.2, 0) is 16.1 Å². The molecule has 4 heteroatoms. The van der Waals surface area contributed by atoms with Gasteiger partial charge in [-0.25, -0.2) is 0 Å². The summed E-state index contributed by atoms with van der Waals surface area (Å²) < 4.78 is 0. The van der Waals surface area contributed by atoms with Gasteiger partial charge < -0.3 is 10.4 Å². The van der Waals surface area contributed by atoms with Crippen molar-refractivity contribution in [1.82, 2.24) is 5.32 Å². The van der Waals surface area contributed by atoms with Gasteiger partial charge in [-0.15, -0.1) is 0 Å². The van der Waals surface area contributed by atoms with Crippen LogP contribution < -0.4 is 5.32 Å². The first-order valence-electron chi connectivity index (χ1n) is 7.27. The van der Waals surface area contributed by atoms with Crippen LogP contribution in [0.4, 0.5) is 0 Å². The van der Waals surface area contributed by atoms with Crippen molar-refractivity contribution in [3.8, 4) is 0 Å². The van der Waals surface area contributed by atoms with E-state index in [0.717, 1.165) is 12.0 Å². The average Bonchev–Trinajstić information content (AvgIpc) is 3.05. The lowest BCUT2D eigenvalue weighted by Gasteiger charge is -2.33. The summed E-state index contributed by atoms with van der Waals surface area (Å²) in [6.45, 7) is 2.14. The van der Waals surface area contributed by atoms with Crippen molar-refractivity contribution in [3.63, 3.8) is 0 Å². The van der Waals surface area contributed by atoms with E-state index in [1.807, 2.05) is 42.5 Å². The summed E-state index contributed by atoms with van der Waals surface area (Å²) >= 11 is 0. The summed E-state index contributed by atoms with van der Waals surface area (Å²) in [7, 11) is 0. The minimum atomic E-state index is -0.986. The van der Waals surface area contributed by atoms with E-state index in [1.165, 1.54) is 0 Å². The van der Waals surface area contributed by atoms with Gasteiger partial charge in [0.2, 0.25) is 5.91 Å². The average molecular weight is 285 g/mol. The molecular formula is C17H19NO3. The highest BCUT2D eigenvalue weighted by molar-refractivity contribution is 5.89. The molecule has 3 rings (SSSR count). The zero-order valence-electron chi connectivity index (χ0n) is 12.0. The molecule has 1 fully saturated rings. The van der Waals surface area contributed by atoms with Crippen LogP contribution in [0.1, 0.15) is 18.9 Å². The van der Waals surface area contributed by atoms with Gasteiger partial charge in [-0.3, -0.25) is 9.59 Å². The number of fused-ring (bicyclic) bond motifs is 2. The Morgan fingerprint density at radius 3 is 2.67 bits per heavy atom. The molecule has 1 aromatic carbocycles. The van der Waals surface area contributed by atoms with Gasteiger partial charge in [0.05, 0.1) is 11.3 Å². The van der Waals surface area contributed by atoms with Crippen LogP contribution in [-0.4, -0.2) is 17.0 Å². The molecule has 1 amide bonds. The third-order valence-electron chi connectivity index (χ3n) is 5.01. The predicted molar refractivity (Wildman–Crippen MR) is 78.3 cm³/mol. The largest absolute Gasteiger partial charge is 0.481 e. The second kappa shape index (κ2) is 5.02. The van der Waals surface area contributed by atoms with Gasteiger partial charge in [0, 0.05) is 6.54 Å². The molecule has 110 valence electrons. The molecule has 1 saturated carbocycles. The first kappa shape index (κ1) is 13.9. The molecule has 0 heterocycles. The lowest BCUT2D eigenvalue weighted by Crippen LogP contribution is -2.47. The van der Waals surface area contributed by atoms with Crippen LogP contribution in [0.3, 0.4) is 0 Å². The third kappa shape index (κ3) is 2.15. The number of hydrogen-bond acceptors (Lipinski definition) is 2. The van der Waals surface area contributed by atoms with Crippen molar-refractivity contribution in [1.29, 1.82) is 0 Å². The Balaban J connectivity index is 1.75. The predicted octanol–water partition coefficient (Wildman–Crippen LogP) is 2.22. The summed E-state index contributed by atoms with van der Waals surface area (Å²) in [5.74, 6) is -1.49. The second-order valence-electron chi connectivity index (χ2n) is 6.16. The van der Waals surface area contributed by atoms with Crippen molar-refractivity contribution in [2.24, 2.45) is 23.2 Å². The van der Waals surface area contributed by atoms with Crippen LogP contribution in [0.25, 0.3) is 0 Å². The van der Waals surface area contributed by atoms with Crippen molar-refractivity contribution >= 4 is 11.9 Å². The molecule has 0 unspecified atom stereocenters. The molecule has 2 aliphatic carbocycles. The Kier molecular flexibility index (Phi) is 3.32. The summed E-state index contributed by atoms with van der Waals surface area (Å²) in [6.07, 6.45) is 4.73. The van der Waals surface area contributed by atoms with E-state index in [1.54, 1.807) is 6.92 Å². The molecule has 2 bridgehead atoms. The van der Waals surface area contributed by atoms with Gasteiger partial charge in [-0.2, -0.15) is 0 Å². The number of aliphatic carboxylic acids is 1. The van der Waals surface area contributed by atoms with E-state index in [2.05, 4.69) is 5.32 Å². The fourth-order valence-electron chi connectivity index (χ4n) is 3.75. The van der Waals surface area contributed by atoms with E-state index in [0.29, 0.717) is 6.54 Å². The maximum absolute atomic E-state index is 12.5. The van der Waals surface area contributed by atoms with Crippen LogP contribution in [0.2, 0.25) is 0 Å². The van der Waals surface area contributed by atoms with E-state index in [9.17, 15) is 14.7 Å². The highest BCUT2D eigenvalue weighted by Gasteiger charge is 2.60. The number of carbonyl (C=O) groups excluding carboxylic acids is 1. The normalized spacial score (nSPS) is 33.1. The SMILES string of the molecule is C[C@]1(C(=O)O)[C@H](C(=O)NCc2ccccc2)[C@H]2C=C[C@H]1C2. The summed E-state index contributed by atoms with van der Waals surface area (Å²) in [6, 6.07) is 9.65. The molecule has 1 aromatic rings. The van der Waals surface area contributed by atoms with E-state index >= 15 is 0 Å². The van der Waals surface area contributed by atoms with Crippen LogP contribution in [0.5, 0.6) is 0 Å². The Labute approximate surface area is 123 Å². The molecule has 0 aliphatic heterocycles. The van der Waals surface area contributed by atoms with Gasteiger partial charge >= 0.3 is 5.97 Å². The van der Waals surface area contributed by atoms with Crippen molar-refractivity contribution in [3.05, 3.63) is 48.0 Å². The number of nitrogens with one attached hydrogen (secondary N) is 1. The third-order valence-corrected chi connectivity index (χ3v) is 5.01. The van der Waals surface area contributed by atoms with Crippen LogP contribution in [0.15, 0.2) is 42.5 Å². The van der Waals surface area contributed by atoms with Gasteiger partial charge in [-0.1, -0.05) is 42.5 Å². The van der Waals surface area contributed by atoms with Crippen molar-refractivity contribution in [2.45, 2.75) is 19.9 Å². The quantitative estimate of drug-likeness (QED) is 0.834. The van der Waals surface area contributed by atoms with Crippen LogP contribution in [0, 0.1) is 23.2 Å². The minimum absolute atomic E-state index is 0.0347. The van der Waals surface area contributed by atoms with E-state index in [-0.39, 0.29) is 17.7 Å². The molecule has 0 aromatic heterocycles. The fourth-order valence-corrected chi connectivity index (χ4v) is 3.75. The summed E-state index contributed by atoms with van der Waals surface area (Å²) in [5, 5.41) is 12.5. The first-order chi connectivity index (χ1) is 10.0. The lowest BCUT2D eigenvalue weighted by atomic mass is 9.69. The number of amides is 1. The van der Waals surface area contributed by atoms with Gasteiger partial charge in [-0.05, 0) is 30.7 Å². The fraction of sp³-hybridized carbons (Fsp3) is 0.412.